The predicted molar refractivity (Wildman–Crippen MR) is 82.6 cm³/mol. The Labute approximate surface area is 133 Å². The van der Waals surface area contributed by atoms with Crippen molar-refractivity contribution in [3.8, 4) is 0 Å². The van der Waals surface area contributed by atoms with Crippen molar-refractivity contribution in [3.63, 3.8) is 0 Å². The van der Waals surface area contributed by atoms with E-state index in [1.54, 1.807) is 11.9 Å². The molecule has 0 unspecified atom stereocenters. The van der Waals surface area contributed by atoms with Crippen LogP contribution >= 0.6 is 0 Å². The lowest BCUT2D eigenvalue weighted by molar-refractivity contribution is -0.142. The van der Waals surface area contributed by atoms with Gasteiger partial charge in [0.15, 0.2) is 0 Å². The lowest BCUT2D eigenvalue weighted by Crippen LogP contribution is -2.43. The van der Waals surface area contributed by atoms with Crippen LogP contribution in [0.1, 0.15) is 52.9 Å². The van der Waals surface area contributed by atoms with Crippen LogP contribution in [0.15, 0.2) is 0 Å². The molecule has 0 aliphatic heterocycles. The molecule has 1 saturated carbocycles. The molecule has 0 spiro atoms. The van der Waals surface area contributed by atoms with Gasteiger partial charge in [0.1, 0.15) is 5.60 Å². The monoisotopic (exact) mass is 315 g/mol. The second kappa shape index (κ2) is 8.36. The van der Waals surface area contributed by atoms with Gasteiger partial charge in [-0.3, -0.25) is 4.79 Å². The lowest BCUT2D eigenvalue weighted by Gasteiger charge is -2.35. The van der Waals surface area contributed by atoms with Crippen molar-refractivity contribution in [2.24, 2.45) is 0 Å². The van der Waals surface area contributed by atoms with E-state index < -0.39 is 5.60 Å². The molecular weight excluding hydrogens is 286 g/mol. The largest absolute Gasteiger partial charge is 0.469 e. The highest BCUT2D eigenvalue weighted by atomic mass is 16.6. The molecule has 1 amide bonds. The molecule has 0 radical (unpaired) electrons. The van der Waals surface area contributed by atoms with Crippen molar-refractivity contribution >= 4 is 12.1 Å². The number of amides is 1. The van der Waals surface area contributed by atoms with Crippen LogP contribution in [0.5, 0.6) is 0 Å². The first kappa shape index (κ1) is 18.7. The number of rotatable bonds is 5. The van der Waals surface area contributed by atoms with Gasteiger partial charge in [-0.05, 0) is 46.5 Å². The molecule has 0 heterocycles. The summed E-state index contributed by atoms with van der Waals surface area (Å²) < 4.78 is 15.7. The van der Waals surface area contributed by atoms with Gasteiger partial charge in [-0.25, -0.2) is 4.79 Å². The van der Waals surface area contributed by atoms with E-state index in [2.05, 4.69) is 4.74 Å². The number of methoxy groups -OCH3 is 1. The Morgan fingerprint density at radius 2 is 1.73 bits per heavy atom. The Morgan fingerprint density at radius 1 is 1.14 bits per heavy atom. The third kappa shape index (κ3) is 6.64. The zero-order valence-electron chi connectivity index (χ0n) is 14.4. The molecule has 0 aromatic rings. The highest BCUT2D eigenvalue weighted by Gasteiger charge is 2.29. The Morgan fingerprint density at radius 3 is 2.23 bits per heavy atom. The van der Waals surface area contributed by atoms with Crippen LogP contribution < -0.4 is 0 Å². The van der Waals surface area contributed by atoms with Gasteiger partial charge in [-0.1, -0.05) is 0 Å². The minimum Gasteiger partial charge on any atom is -0.469 e. The van der Waals surface area contributed by atoms with Crippen molar-refractivity contribution < 1.29 is 23.8 Å². The number of esters is 1. The average molecular weight is 315 g/mol. The maximum atomic E-state index is 12.0. The van der Waals surface area contributed by atoms with Crippen LogP contribution in [0.25, 0.3) is 0 Å². The molecule has 22 heavy (non-hydrogen) atoms. The van der Waals surface area contributed by atoms with E-state index in [1.165, 1.54) is 7.11 Å². The van der Waals surface area contributed by atoms with Crippen molar-refractivity contribution in [3.05, 3.63) is 0 Å². The summed E-state index contributed by atoms with van der Waals surface area (Å²) in [6, 6.07) is 0.190. The first-order valence-electron chi connectivity index (χ1n) is 7.87. The molecule has 1 rings (SSSR count). The quantitative estimate of drug-likeness (QED) is 0.730. The number of carbonyl (C=O) groups is 2. The van der Waals surface area contributed by atoms with Gasteiger partial charge >= 0.3 is 12.1 Å². The van der Waals surface area contributed by atoms with E-state index in [-0.39, 0.29) is 30.6 Å². The first-order valence-corrected chi connectivity index (χ1v) is 7.87. The molecule has 0 N–H and O–H groups in total. The third-order valence-corrected chi connectivity index (χ3v) is 3.76. The van der Waals surface area contributed by atoms with Gasteiger partial charge in [-0.15, -0.1) is 0 Å². The van der Waals surface area contributed by atoms with E-state index in [0.717, 1.165) is 25.7 Å². The number of ether oxygens (including phenoxy) is 3. The first-order chi connectivity index (χ1) is 10.2. The number of hydrogen-bond donors (Lipinski definition) is 0. The lowest BCUT2D eigenvalue weighted by atomic mass is 9.92. The topological polar surface area (TPSA) is 65.1 Å². The molecule has 0 aromatic heterocycles. The van der Waals surface area contributed by atoms with Crippen LogP contribution in [0.2, 0.25) is 0 Å². The van der Waals surface area contributed by atoms with Gasteiger partial charge in [-0.2, -0.15) is 0 Å². The molecule has 128 valence electrons. The van der Waals surface area contributed by atoms with Gasteiger partial charge in [0.2, 0.25) is 0 Å². The van der Waals surface area contributed by atoms with Gasteiger partial charge < -0.3 is 19.1 Å². The maximum absolute atomic E-state index is 12.0. The van der Waals surface area contributed by atoms with Crippen LogP contribution in [0, 0.1) is 0 Å². The summed E-state index contributed by atoms with van der Waals surface area (Å²) in [7, 11) is 3.16. The van der Waals surface area contributed by atoms with E-state index in [4.69, 9.17) is 9.47 Å². The summed E-state index contributed by atoms with van der Waals surface area (Å²) in [5.74, 6) is -0.252. The van der Waals surface area contributed by atoms with E-state index in [0.29, 0.717) is 6.61 Å². The third-order valence-electron chi connectivity index (χ3n) is 3.76. The summed E-state index contributed by atoms with van der Waals surface area (Å²) in [6.07, 6.45) is 3.72. The highest BCUT2D eigenvalue weighted by Crippen LogP contribution is 2.25. The van der Waals surface area contributed by atoms with Crippen molar-refractivity contribution in [2.45, 2.75) is 70.6 Å². The smallest absolute Gasteiger partial charge is 0.410 e. The minimum atomic E-state index is -0.473. The zero-order valence-corrected chi connectivity index (χ0v) is 14.4. The summed E-state index contributed by atoms with van der Waals surface area (Å²) >= 11 is 0. The molecule has 6 nitrogen and oxygen atoms in total. The Hall–Kier alpha value is -1.30. The fourth-order valence-electron chi connectivity index (χ4n) is 2.49. The van der Waals surface area contributed by atoms with E-state index in [9.17, 15) is 9.59 Å². The summed E-state index contributed by atoms with van der Waals surface area (Å²) in [4.78, 5) is 24.8. The summed E-state index contributed by atoms with van der Waals surface area (Å²) in [5, 5.41) is 0. The average Bonchev–Trinajstić information content (AvgIpc) is 2.45. The molecule has 1 fully saturated rings. The van der Waals surface area contributed by atoms with Crippen LogP contribution in [0.3, 0.4) is 0 Å². The molecule has 1 aliphatic rings. The molecule has 6 heteroatoms. The van der Waals surface area contributed by atoms with E-state index in [1.807, 2.05) is 20.8 Å². The SMILES string of the molecule is COC(=O)CCO[C@H]1CC[C@H](N(C)C(=O)OC(C)(C)C)CC1. The predicted octanol–water partition coefficient (Wildman–Crippen LogP) is 2.74. The van der Waals surface area contributed by atoms with Gasteiger partial charge in [0, 0.05) is 13.1 Å². The van der Waals surface area contributed by atoms with Crippen LogP contribution in [-0.4, -0.2) is 55.5 Å². The normalized spacial score (nSPS) is 22.0. The second-order valence-electron chi connectivity index (χ2n) is 6.72. The molecule has 0 saturated heterocycles. The number of nitrogens with zero attached hydrogens (tertiary/aromatic N) is 1. The number of hydrogen-bond acceptors (Lipinski definition) is 5. The molecule has 0 atom stereocenters. The highest BCUT2D eigenvalue weighted by molar-refractivity contribution is 5.69. The molecule has 0 bridgehead atoms. The molecular formula is C16H29NO5. The van der Waals surface area contributed by atoms with Crippen molar-refractivity contribution in [2.75, 3.05) is 20.8 Å². The fraction of sp³-hybridized carbons (Fsp3) is 0.875. The molecule has 0 aromatic carbocycles. The molecule has 1 aliphatic carbocycles. The van der Waals surface area contributed by atoms with Gasteiger partial charge in [0.05, 0.1) is 26.2 Å². The standard InChI is InChI=1S/C16H29NO5/c1-16(2,3)22-15(19)17(4)12-6-8-13(9-7-12)21-11-10-14(18)20-5/h12-13H,6-11H2,1-5H3/t12-,13-. The second-order valence-corrected chi connectivity index (χ2v) is 6.72. The summed E-state index contributed by atoms with van der Waals surface area (Å²) in [5.41, 5.74) is -0.473. The Bertz CT molecular complexity index is 369. The van der Waals surface area contributed by atoms with E-state index >= 15 is 0 Å². The van der Waals surface area contributed by atoms with Crippen LogP contribution in [0.4, 0.5) is 4.79 Å². The van der Waals surface area contributed by atoms with Gasteiger partial charge in [0.25, 0.3) is 0 Å². The number of carbonyl (C=O) groups excluding carboxylic acids is 2. The summed E-state index contributed by atoms with van der Waals surface area (Å²) in [6.45, 7) is 5.99. The van der Waals surface area contributed by atoms with Crippen LogP contribution in [-0.2, 0) is 19.0 Å². The fourth-order valence-corrected chi connectivity index (χ4v) is 2.49. The Balaban J connectivity index is 2.29. The van der Waals surface area contributed by atoms with Crippen molar-refractivity contribution in [1.29, 1.82) is 0 Å². The minimum absolute atomic E-state index is 0.160. The van der Waals surface area contributed by atoms with Crippen molar-refractivity contribution in [1.82, 2.24) is 4.90 Å². The maximum Gasteiger partial charge on any atom is 0.410 e. The Kier molecular flexibility index (Phi) is 7.13. The zero-order chi connectivity index (χ0) is 16.8.